The van der Waals surface area contributed by atoms with E-state index in [-0.39, 0.29) is 6.42 Å². The van der Waals surface area contributed by atoms with Gasteiger partial charge in [0.2, 0.25) is 11.7 Å². The van der Waals surface area contributed by atoms with E-state index >= 15 is 0 Å². The second-order valence-electron chi connectivity index (χ2n) is 7.20. The summed E-state index contributed by atoms with van der Waals surface area (Å²) >= 11 is 3.33. The van der Waals surface area contributed by atoms with Crippen molar-refractivity contribution >= 4 is 50.8 Å². The van der Waals surface area contributed by atoms with E-state index in [0.717, 1.165) is 15.6 Å². The molecule has 1 fully saturated rings. The van der Waals surface area contributed by atoms with Crippen LogP contribution < -0.4 is 10.2 Å². The predicted molar refractivity (Wildman–Crippen MR) is 116 cm³/mol. The number of benzene rings is 2. The van der Waals surface area contributed by atoms with E-state index in [0.29, 0.717) is 11.4 Å². The fourth-order valence-electron chi connectivity index (χ4n) is 3.56. The highest BCUT2D eigenvalue weighted by Gasteiger charge is 2.53. The van der Waals surface area contributed by atoms with Gasteiger partial charge in [0.15, 0.2) is 0 Å². The molecule has 6 nitrogen and oxygen atoms in total. The topological polar surface area (TPSA) is 88.8 Å². The summed E-state index contributed by atoms with van der Waals surface area (Å²) in [7, 11) is 0. The molecule has 0 saturated carbocycles. The Kier molecular flexibility index (Phi) is 5.55. The molecule has 29 heavy (non-hydrogen) atoms. The molecule has 7 heteroatoms. The lowest BCUT2D eigenvalue weighted by atomic mass is 9.90. The highest BCUT2D eigenvalue weighted by molar-refractivity contribution is 9.10. The van der Waals surface area contributed by atoms with Gasteiger partial charge < -0.3 is 10.7 Å². The quantitative estimate of drug-likeness (QED) is 0.432. The number of para-hydroxylation sites is 1. The van der Waals surface area contributed by atoms with E-state index in [2.05, 4.69) is 21.2 Å². The Morgan fingerprint density at radius 2 is 1.72 bits per heavy atom. The molecule has 148 valence electrons. The zero-order chi connectivity index (χ0) is 21.3. The number of ketones is 1. The summed E-state index contributed by atoms with van der Waals surface area (Å²) in [5.74, 6) is -0.0449. The van der Waals surface area contributed by atoms with Crippen LogP contribution in [0.4, 0.5) is 11.4 Å². The summed E-state index contributed by atoms with van der Waals surface area (Å²) in [5.41, 5.74) is 0.959. The molecule has 1 unspecified atom stereocenters. The van der Waals surface area contributed by atoms with Gasteiger partial charge in [0, 0.05) is 15.8 Å². The normalized spacial score (nSPS) is 18.8. The number of carbonyl (C=O) groups excluding carboxylic acids is 3. The molecule has 2 amide bonds. The molecule has 0 radical (unpaired) electrons. The van der Waals surface area contributed by atoms with Crippen LogP contribution in [0.3, 0.4) is 0 Å². The maximum Gasteiger partial charge on any atom is 0.268 e. The monoisotopic (exact) mass is 452 g/mol. The van der Waals surface area contributed by atoms with Crippen molar-refractivity contribution in [2.75, 3.05) is 10.2 Å². The molecule has 1 N–H and O–H groups in total. The maximum atomic E-state index is 12.9. The summed E-state index contributed by atoms with van der Waals surface area (Å²) < 4.78 is 0.804. The van der Waals surface area contributed by atoms with Gasteiger partial charge in [-0.1, -0.05) is 34.1 Å². The Morgan fingerprint density at radius 1 is 1.14 bits per heavy atom. The zero-order valence-corrected chi connectivity index (χ0v) is 17.8. The van der Waals surface area contributed by atoms with Crippen molar-refractivity contribution in [3.05, 3.63) is 69.0 Å². The highest BCUT2D eigenvalue weighted by Crippen LogP contribution is 2.37. The third kappa shape index (κ3) is 3.67. The van der Waals surface area contributed by atoms with Crippen molar-refractivity contribution in [3.63, 3.8) is 0 Å². The van der Waals surface area contributed by atoms with Crippen LogP contribution in [0.25, 0.3) is 5.41 Å². The average molecular weight is 453 g/mol. The SMILES string of the molecule is Cc1cccc(C)c1NC(=O)CC1(C)C(=O)C(=C=[N-])C(=O)N1c1ccc(Br)cc1. The van der Waals surface area contributed by atoms with Gasteiger partial charge in [0.1, 0.15) is 11.1 Å². The van der Waals surface area contributed by atoms with E-state index in [1.165, 1.54) is 11.8 Å². The minimum Gasteiger partial charge on any atom is -0.763 e. The largest absolute Gasteiger partial charge is 0.763 e. The summed E-state index contributed by atoms with van der Waals surface area (Å²) in [6.07, 6.45) is -0.271. The maximum absolute atomic E-state index is 12.9. The number of hydrogen-bond acceptors (Lipinski definition) is 3. The standard InChI is InChI=1S/C22H19BrN3O3/c1-13-5-4-6-14(2)19(13)25-18(27)11-22(3)20(28)17(12-24)21(29)26(22)16-9-7-15(23)8-10-16/h4-10H,11H2,1-3H3,(H,25,27)/q-1. The van der Waals surface area contributed by atoms with Gasteiger partial charge in [-0.25, -0.2) is 0 Å². The number of anilines is 2. The second kappa shape index (κ2) is 7.78. The lowest BCUT2D eigenvalue weighted by Crippen LogP contribution is -2.49. The minimum atomic E-state index is -1.49. The number of carbonyl (C=O) groups is 3. The first-order chi connectivity index (χ1) is 13.7. The van der Waals surface area contributed by atoms with E-state index < -0.39 is 28.7 Å². The van der Waals surface area contributed by atoms with E-state index in [1.807, 2.05) is 32.0 Å². The smallest absolute Gasteiger partial charge is 0.268 e. The molecule has 2 aromatic carbocycles. The Hall–Kier alpha value is -3.02. The Bertz CT molecular complexity index is 1050. The van der Waals surface area contributed by atoms with Crippen molar-refractivity contribution in [2.24, 2.45) is 0 Å². The number of Topliss-reactive ketones (excluding diaryl/α,β-unsaturated/α-hetero) is 1. The van der Waals surface area contributed by atoms with Crippen LogP contribution in [0.2, 0.25) is 0 Å². The molecule has 0 bridgehead atoms. The number of amides is 2. The van der Waals surface area contributed by atoms with E-state index in [1.54, 1.807) is 30.1 Å². The third-order valence-corrected chi connectivity index (χ3v) is 5.60. The molecule has 0 aromatic heterocycles. The van der Waals surface area contributed by atoms with Crippen molar-refractivity contribution in [1.82, 2.24) is 0 Å². The van der Waals surface area contributed by atoms with Gasteiger partial charge in [-0.05, 0) is 56.2 Å². The molecular weight excluding hydrogens is 434 g/mol. The lowest BCUT2D eigenvalue weighted by molar-refractivity contribution is -0.124. The molecule has 3 rings (SSSR count). The zero-order valence-electron chi connectivity index (χ0n) is 16.2. The number of hydrogen-bond donors (Lipinski definition) is 1. The summed E-state index contributed by atoms with van der Waals surface area (Å²) in [4.78, 5) is 39.8. The molecule has 0 spiro atoms. The molecule has 1 heterocycles. The van der Waals surface area contributed by atoms with Crippen molar-refractivity contribution in [1.29, 1.82) is 0 Å². The number of nitrogens with one attached hydrogen (secondary N) is 1. The number of nitrogens with zero attached hydrogens (tertiary/aromatic N) is 2. The van der Waals surface area contributed by atoms with Crippen molar-refractivity contribution in [2.45, 2.75) is 32.7 Å². The summed E-state index contributed by atoms with van der Waals surface area (Å²) in [6.45, 7) is 5.28. The molecule has 0 aliphatic carbocycles. The number of aryl methyl sites for hydroxylation is 2. The van der Waals surface area contributed by atoms with Crippen LogP contribution in [0.1, 0.15) is 24.5 Å². The third-order valence-electron chi connectivity index (χ3n) is 5.07. The molecule has 1 atom stereocenters. The van der Waals surface area contributed by atoms with Crippen molar-refractivity contribution < 1.29 is 14.4 Å². The van der Waals surface area contributed by atoms with Gasteiger partial charge in [-0.3, -0.25) is 25.2 Å². The predicted octanol–water partition coefficient (Wildman–Crippen LogP) is 3.93. The van der Waals surface area contributed by atoms with Crippen LogP contribution in [0.15, 0.2) is 52.5 Å². The molecule has 1 aliphatic rings. The Morgan fingerprint density at radius 3 is 2.28 bits per heavy atom. The average Bonchev–Trinajstić information content (AvgIpc) is 2.84. The van der Waals surface area contributed by atoms with Crippen LogP contribution in [-0.2, 0) is 14.4 Å². The Labute approximate surface area is 177 Å². The lowest BCUT2D eigenvalue weighted by Gasteiger charge is -2.33. The fourth-order valence-corrected chi connectivity index (χ4v) is 3.83. The molecule has 2 aromatic rings. The van der Waals surface area contributed by atoms with Crippen LogP contribution in [-0.4, -0.2) is 29.0 Å². The van der Waals surface area contributed by atoms with Gasteiger partial charge in [-0.2, -0.15) is 0 Å². The minimum absolute atomic E-state index is 0.271. The first kappa shape index (κ1) is 20.7. The van der Waals surface area contributed by atoms with Crippen LogP contribution in [0.5, 0.6) is 0 Å². The van der Waals surface area contributed by atoms with E-state index in [4.69, 9.17) is 0 Å². The molecule has 1 aliphatic heterocycles. The number of rotatable bonds is 4. The van der Waals surface area contributed by atoms with Gasteiger partial charge >= 0.3 is 0 Å². The van der Waals surface area contributed by atoms with Crippen LogP contribution in [0, 0.1) is 13.8 Å². The molecular formula is C22H19BrN3O3-. The highest BCUT2D eigenvalue weighted by atomic mass is 79.9. The fraction of sp³-hybridized carbons (Fsp3) is 0.227. The van der Waals surface area contributed by atoms with Gasteiger partial charge in [0.05, 0.1) is 6.42 Å². The first-order valence-electron chi connectivity index (χ1n) is 8.97. The summed E-state index contributed by atoms with van der Waals surface area (Å²) in [6, 6.07) is 12.4. The van der Waals surface area contributed by atoms with E-state index in [9.17, 15) is 19.8 Å². The summed E-state index contributed by atoms with van der Waals surface area (Å²) in [5, 5.41) is 12.2. The van der Waals surface area contributed by atoms with Crippen molar-refractivity contribution in [3.8, 4) is 0 Å². The van der Waals surface area contributed by atoms with Gasteiger partial charge in [-0.15, -0.1) is 0 Å². The van der Waals surface area contributed by atoms with Gasteiger partial charge in [0.25, 0.3) is 5.91 Å². The number of halogens is 1. The first-order valence-corrected chi connectivity index (χ1v) is 9.76. The molecule has 1 saturated heterocycles. The Balaban J connectivity index is 1.98. The van der Waals surface area contributed by atoms with Crippen LogP contribution >= 0.6 is 15.9 Å². The second-order valence-corrected chi connectivity index (χ2v) is 8.11.